The summed E-state index contributed by atoms with van der Waals surface area (Å²) in [6, 6.07) is 3.20. The number of rotatable bonds is 0. The molecule has 1 heterocycles. The molecule has 1 aromatic carbocycles. The zero-order valence-corrected chi connectivity index (χ0v) is 10.8. The summed E-state index contributed by atoms with van der Waals surface area (Å²) < 4.78 is 0. The molecule has 1 nitrogen and oxygen atoms in total. The van der Waals surface area contributed by atoms with E-state index in [1.807, 2.05) is 0 Å². The molecule has 0 bridgehead atoms. The number of nitrogens with zero attached hydrogens (tertiary/aromatic N) is 1. The fourth-order valence-electron chi connectivity index (χ4n) is 1.23. The Bertz CT molecular complexity index is 552. The predicted octanol–water partition coefficient (Wildman–Crippen LogP) is 5.50. The van der Waals surface area contributed by atoms with Crippen molar-refractivity contribution in [1.29, 1.82) is 0 Å². The van der Waals surface area contributed by atoms with E-state index in [1.165, 1.54) is 0 Å². The zero-order valence-electron chi connectivity index (χ0n) is 6.99. The van der Waals surface area contributed by atoms with Crippen LogP contribution in [0.2, 0.25) is 25.4 Å². The first-order chi connectivity index (χ1) is 7.00. The van der Waals surface area contributed by atoms with Gasteiger partial charge in [-0.2, -0.15) is 0 Å². The van der Waals surface area contributed by atoms with Crippen molar-refractivity contribution in [3.63, 3.8) is 0 Å². The molecule has 0 amide bonds. The maximum Gasteiger partial charge on any atom is 0.138 e. The lowest BCUT2D eigenvalue weighted by Gasteiger charge is -2.06. The molecule has 0 atom stereocenters. The summed E-state index contributed by atoms with van der Waals surface area (Å²) in [6.07, 6.45) is 0. The highest BCUT2D eigenvalue weighted by Gasteiger charge is 2.12. The van der Waals surface area contributed by atoms with E-state index in [1.54, 1.807) is 12.1 Å². The van der Waals surface area contributed by atoms with Gasteiger partial charge in [-0.25, -0.2) is 4.98 Å². The molecule has 6 heteroatoms. The number of hydrogen-bond donors (Lipinski definition) is 0. The molecule has 0 radical (unpaired) electrons. The Morgan fingerprint density at radius 3 is 2.13 bits per heavy atom. The van der Waals surface area contributed by atoms with Gasteiger partial charge in [-0.15, -0.1) is 0 Å². The quantitative estimate of drug-likeness (QED) is 0.462. The second-order valence-corrected chi connectivity index (χ2v) is 4.73. The van der Waals surface area contributed by atoms with Crippen molar-refractivity contribution in [2.45, 2.75) is 0 Å². The van der Waals surface area contributed by atoms with E-state index >= 15 is 0 Å². The smallest absolute Gasteiger partial charge is 0.138 e. The van der Waals surface area contributed by atoms with Gasteiger partial charge in [0.25, 0.3) is 0 Å². The minimum Gasteiger partial charge on any atom is -0.224 e. The Morgan fingerprint density at radius 2 is 1.47 bits per heavy atom. The molecule has 0 saturated heterocycles. The highest BCUT2D eigenvalue weighted by Crippen LogP contribution is 2.39. The van der Waals surface area contributed by atoms with Crippen LogP contribution in [-0.4, -0.2) is 4.98 Å². The van der Waals surface area contributed by atoms with E-state index < -0.39 is 0 Å². The molecule has 0 N–H and O–H groups in total. The van der Waals surface area contributed by atoms with Crippen LogP contribution >= 0.6 is 58.0 Å². The normalized spacial score (nSPS) is 11.0. The Balaban J connectivity index is 2.98. The van der Waals surface area contributed by atoms with Gasteiger partial charge in [-0.05, 0) is 12.1 Å². The van der Waals surface area contributed by atoms with Crippen molar-refractivity contribution in [3.8, 4) is 0 Å². The molecule has 0 unspecified atom stereocenters. The summed E-state index contributed by atoms with van der Waals surface area (Å²) in [4.78, 5) is 3.88. The highest BCUT2D eigenvalue weighted by molar-refractivity contribution is 6.51. The molecule has 15 heavy (non-hydrogen) atoms. The van der Waals surface area contributed by atoms with Crippen molar-refractivity contribution in [2.24, 2.45) is 0 Å². The third-order valence-corrected chi connectivity index (χ3v) is 3.65. The lowest BCUT2D eigenvalue weighted by molar-refractivity contribution is 1.36. The summed E-state index contributed by atoms with van der Waals surface area (Å²) in [5.74, 6) is 0. The van der Waals surface area contributed by atoms with E-state index in [2.05, 4.69) is 4.98 Å². The molecule has 0 spiro atoms. The van der Waals surface area contributed by atoms with Gasteiger partial charge in [0.15, 0.2) is 0 Å². The number of pyridine rings is 1. The first-order valence-corrected chi connectivity index (χ1v) is 5.69. The summed E-state index contributed by atoms with van der Waals surface area (Å²) >= 11 is 29.4. The number of halogens is 5. The molecule has 0 saturated carbocycles. The van der Waals surface area contributed by atoms with Crippen molar-refractivity contribution in [3.05, 3.63) is 37.5 Å². The molecule has 0 fully saturated rings. The Morgan fingerprint density at radius 1 is 0.800 bits per heavy atom. The van der Waals surface area contributed by atoms with Crippen molar-refractivity contribution < 1.29 is 0 Å². The third-order valence-electron chi connectivity index (χ3n) is 1.89. The van der Waals surface area contributed by atoms with E-state index in [4.69, 9.17) is 58.0 Å². The second kappa shape index (κ2) is 4.15. The molecule has 1 aromatic heterocycles. The zero-order chi connectivity index (χ0) is 11.2. The minimum atomic E-state index is 0.248. The van der Waals surface area contributed by atoms with Crippen LogP contribution in [0.5, 0.6) is 0 Å². The first kappa shape index (κ1) is 11.6. The molecular weight excluding hydrogens is 299 g/mol. The van der Waals surface area contributed by atoms with E-state index in [9.17, 15) is 0 Å². The number of fused-ring (bicyclic) bond motifs is 1. The lowest BCUT2D eigenvalue weighted by atomic mass is 10.2. The maximum absolute atomic E-state index is 6.01. The van der Waals surface area contributed by atoms with E-state index in [-0.39, 0.29) is 15.3 Å². The van der Waals surface area contributed by atoms with Crippen molar-refractivity contribution >= 4 is 68.8 Å². The standard InChI is InChI=1S/C9H2Cl5N/c10-5-1-4-3(7(12)8(5)13)2-6(11)15-9(4)14/h1-2H. The number of hydrogen-bond acceptors (Lipinski definition) is 1. The third kappa shape index (κ3) is 2.00. The average molecular weight is 301 g/mol. The number of benzene rings is 1. The van der Waals surface area contributed by atoms with Gasteiger partial charge in [-0.1, -0.05) is 58.0 Å². The maximum atomic E-state index is 6.01. The van der Waals surface area contributed by atoms with Gasteiger partial charge in [-0.3, -0.25) is 0 Å². The Labute approximate surface area is 111 Å². The Kier molecular flexibility index (Phi) is 3.20. The SMILES string of the molecule is Clc1cc2c(Cl)c(Cl)c(Cl)cc2c(Cl)n1. The molecule has 78 valence electrons. The van der Waals surface area contributed by atoms with E-state index in [0.29, 0.717) is 20.8 Å². The van der Waals surface area contributed by atoms with Crippen LogP contribution < -0.4 is 0 Å². The molecule has 0 aliphatic rings. The fraction of sp³-hybridized carbons (Fsp3) is 0. The molecule has 0 aliphatic carbocycles. The number of aromatic nitrogens is 1. The van der Waals surface area contributed by atoms with Crippen LogP contribution in [0.3, 0.4) is 0 Å². The van der Waals surface area contributed by atoms with Crippen LogP contribution in [0.4, 0.5) is 0 Å². The molecular formula is C9H2Cl5N. The minimum absolute atomic E-state index is 0.248. The van der Waals surface area contributed by atoms with Crippen LogP contribution in [0.25, 0.3) is 10.8 Å². The van der Waals surface area contributed by atoms with Crippen LogP contribution in [0.15, 0.2) is 12.1 Å². The van der Waals surface area contributed by atoms with Gasteiger partial charge in [0.1, 0.15) is 10.3 Å². The van der Waals surface area contributed by atoms with E-state index in [0.717, 1.165) is 0 Å². The van der Waals surface area contributed by atoms with Crippen molar-refractivity contribution in [1.82, 2.24) is 4.98 Å². The van der Waals surface area contributed by atoms with Gasteiger partial charge >= 0.3 is 0 Å². The van der Waals surface area contributed by atoms with Crippen LogP contribution in [-0.2, 0) is 0 Å². The summed E-state index contributed by atoms with van der Waals surface area (Å²) in [6.45, 7) is 0. The molecule has 2 rings (SSSR count). The predicted molar refractivity (Wildman–Crippen MR) is 66.8 cm³/mol. The summed E-state index contributed by atoms with van der Waals surface area (Å²) in [5, 5.41) is 2.71. The van der Waals surface area contributed by atoms with Crippen LogP contribution in [0, 0.1) is 0 Å². The van der Waals surface area contributed by atoms with Crippen LogP contribution in [0.1, 0.15) is 0 Å². The fourth-order valence-corrected chi connectivity index (χ4v) is 2.38. The average Bonchev–Trinajstić information content (AvgIpc) is 2.17. The summed E-state index contributed by atoms with van der Waals surface area (Å²) in [5.41, 5.74) is 0. The lowest BCUT2D eigenvalue weighted by Crippen LogP contribution is -1.84. The topological polar surface area (TPSA) is 12.9 Å². The second-order valence-electron chi connectivity index (χ2n) is 2.82. The van der Waals surface area contributed by atoms with Gasteiger partial charge in [0.2, 0.25) is 0 Å². The Hall–Kier alpha value is 0.0800. The molecule has 2 aromatic rings. The largest absolute Gasteiger partial charge is 0.224 e. The first-order valence-electron chi connectivity index (χ1n) is 3.80. The highest BCUT2D eigenvalue weighted by atomic mass is 35.5. The van der Waals surface area contributed by atoms with Crippen molar-refractivity contribution in [2.75, 3.05) is 0 Å². The molecule has 0 aliphatic heterocycles. The van der Waals surface area contributed by atoms with Gasteiger partial charge in [0, 0.05) is 10.8 Å². The van der Waals surface area contributed by atoms with Gasteiger partial charge in [0.05, 0.1) is 15.1 Å². The summed E-state index contributed by atoms with van der Waals surface area (Å²) in [7, 11) is 0. The van der Waals surface area contributed by atoms with Gasteiger partial charge < -0.3 is 0 Å². The monoisotopic (exact) mass is 299 g/mol.